The molecule has 3 nitrogen and oxygen atoms in total. The molecule has 0 atom stereocenters. The molecule has 5 heteroatoms. The highest BCUT2D eigenvalue weighted by atomic mass is 79.9. The van der Waals surface area contributed by atoms with Gasteiger partial charge in [0.05, 0.1) is 6.61 Å². The molecule has 90 valence electrons. The van der Waals surface area contributed by atoms with E-state index in [4.69, 9.17) is 4.74 Å². The van der Waals surface area contributed by atoms with Crippen LogP contribution in [0, 0.1) is 5.82 Å². The predicted octanol–water partition coefficient (Wildman–Crippen LogP) is 2.75. The minimum Gasteiger partial charge on any atom is -0.476 e. The minimum absolute atomic E-state index is 0.0627. The van der Waals surface area contributed by atoms with Gasteiger partial charge in [-0.1, -0.05) is 13.8 Å². The molecular weight excluding hydrogens is 275 g/mol. The van der Waals surface area contributed by atoms with Crippen LogP contribution in [0.5, 0.6) is 5.88 Å². The maximum absolute atomic E-state index is 13.3. The fraction of sp³-hybridized carbons (Fsp3) is 0.545. The molecule has 1 heterocycles. The summed E-state index contributed by atoms with van der Waals surface area (Å²) in [5.41, 5.74) is 0. The van der Waals surface area contributed by atoms with Gasteiger partial charge < -0.3 is 10.1 Å². The molecule has 0 radical (unpaired) electrons. The molecule has 0 aromatic carbocycles. The molecule has 0 unspecified atom stereocenters. The first-order chi connectivity index (χ1) is 7.59. The van der Waals surface area contributed by atoms with Crippen LogP contribution in [0.25, 0.3) is 0 Å². The lowest BCUT2D eigenvalue weighted by Crippen LogP contribution is -2.24. The number of ether oxygens (including phenoxy) is 1. The molecule has 1 rings (SSSR count). The van der Waals surface area contributed by atoms with E-state index in [1.807, 2.05) is 0 Å². The van der Waals surface area contributed by atoms with Gasteiger partial charge in [0.25, 0.3) is 0 Å². The second-order valence-corrected chi connectivity index (χ2v) is 4.67. The highest BCUT2D eigenvalue weighted by Crippen LogP contribution is 2.17. The SMILES string of the molecule is CC(C)NCCCOc1ncc(Br)cc1F. The first-order valence-electron chi connectivity index (χ1n) is 5.27. The molecule has 0 aliphatic carbocycles. The summed E-state index contributed by atoms with van der Waals surface area (Å²) in [6, 6.07) is 1.80. The van der Waals surface area contributed by atoms with Crippen molar-refractivity contribution in [2.75, 3.05) is 13.2 Å². The third-order valence-corrected chi connectivity index (χ3v) is 2.32. The van der Waals surface area contributed by atoms with Crippen LogP contribution in [-0.2, 0) is 0 Å². The summed E-state index contributed by atoms with van der Waals surface area (Å²) < 4.78 is 19.1. The molecule has 0 amide bonds. The first kappa shape index (κ1) is 13.4. The first-order valence-corrected chi connectivity index (χ1v) is 6.06. The second kappa shape index (κ2) is 6.81. The Hall–Kier alpha value is -0.680. The summed E-state index contributed by atoms with van der Waals surface area (Å²) in [6.07, 6.45) is 2.35. The molecule has 0 saturated carbocycles. The van der Waals surface area contributed by atoms with Crippen LogP contribution in [0.2, 0.25) is 0 Å². The molecule has 1 N–H and O–H groups in total. The number of aromatic nitrogens is 1. The van der Waals surface area contributed by atoms with Crippen molar-refractivity contribution in [1.82, 2.24) is 10.3 Å². The Morgan fingerprint density at radius 2 is 2.31 bits per heavy atom. The van der Waals surface area contributed by atoms with Crippen molar-refractivity contribution in [2.45, 2.75) is 26.3 Å². The van der Waals surface area contributed by atoms with Gasteiger partial charge in [-0.25, -0.2) is 9.37 Å². The summed E-state index contributed by atoms with van der Waals surface area (Å²) in [4.78, 5) is 3.85. The fourth-order valence-electron chi connectivity index (χ4n) is 1.14. The van der Waals surface area contributed by atoms with E-state index in [2.05, 4.69) is 40.1 Å². The zero-order valence-corrected chi connectivity index (χ0v) is 11.1. The average molecular weight is 291 g/mol. The van der Waals surface area contributed by atoms with Crippen molar-refractivity contribution in [1.29, 1.82) is 0 Å². The molecule has 0 spiro atoms. The Balaban J connectivity index is 2.27. The van der Waals surface area contributed by atoms with Gasteiger partial charge in [0.2, 0.25) is 5.88 Å². The maximum atomic E-state index is 13.3. The van der Waals surface area contributed by atoms with Crippen molar-refractivity contribution in [3.63, 3.8) is 0 Å². The van der Waals surface area contributed by atoms with Crippen LogP contribution < -0.4 is 10.1 Å². The Kier molecular flexibility index (Phi) is 5.69. The van der Waals surface area contributed by atoms with E-state index in [1.165, 1.54) is 12.3 Å². The number of halogens is 2. The standard InChI is InChI=1S/C11H16BrFN2O/c1-8(2)14-4-3-5-16-11-10(13)6-9(12)7-15-11/h6-8,14H,3-5H2,1-2H3. The van der Waals surface area contributed by atoms with Crippen LogP contribution in [0.3, 0.4) is 0 Å². The normalized spacial score (nSPS) is 10.8. The van der Waals surface area contributed by atoms with Crippen LogP contribution in [-0.4, -0.2) is 24.2 Å². The Bertz CT molecular complexity index is 334. The Labute approximate surface area is 104 Å². The summed E-state index contributed by atoms with van der Waals surface area (Å²) in [7, 11) is 0. The lowest BCUT2D eigenvalue weighted by Gasteiger charge is -2.09. The number of nitrogens with zero attached hydrogens (tertiary/aromatic N) is 1. The van der Waals surface area contributed by atoms with Gasteiger partial charge in [0, 0.05) is 16.7 Å². The summed E-state index contributed by atoms with van der Waals surface area (Å²) >= 11 is 3.14. The van der Waals surface area contributed by atoms with Crippen LogP contribution in [0.4, 0.5) is 4.39 Å². The van der Waals surface area contributed by atoms with E-state index in [9.17, 15) is 4.39 Å². The summed E-state index contributed by atoms with van der Waals surface area (Å²) in [5.74, 6) is -0.376. The molecule has 0 saturated heterocycles. The zero-order chi connectivity index (χ0) is 12.0. The topological polar surface area (TPSA) is 34.1 Å². The van der Waals surface area contributed by atoms with Gasteiger partial charge in [-0.05, 0) is 35.0 Å². The lowest BCUT2D eigenvalue weighted by molar-refractivity contribution is 0.279. The van der Waals surface area contributed by atoms with Crippen molar-refractivity contribution >= 4 is 15.9 Å². The quantitative estimate of drug-likeness (QED) is 0.818. The van der Waals surface area contributed by atoms with E-state index < -0.39 is 5.82 Å². The minimum atomic E-state index is -0.439. The van der Waals surface area contributed by atoms with Crippen molar-refractivity contribution < 1.29 is 9.13 Å². The van der Waals surface area contributed by atoms with Gasteiger partial charge in [0.15, 0.2) is 5.82 Å². The highest BCUT2D eigenvalue weighted by Gasteiger charge is 2.05. The maximum Gasteiger partial charge on any atom is 0.250 e. The number of hydrogen-bond acceptors (Lipinski definition) is 3. The molecule has 0 aliphatic rings. The summed E-state index contributed by atoms with van der Waals surface area (Å²) in [5, 5.41) is 3.25. The predicted molar refractivity (Wildman–Crippen MR) is 65.1 cm³/mol. The molecule has 0 bridgehead atoms. The fourth-order valence-corrected chi connectivity index (χ4v) is 1.44. The van der Waals surface area contributed by atoms with E-state index in [-0.39, 0.29) is 5.88 Å². The largest absolute Gasteiger partial charge is 0.476 e. The van der Waals surface area contributed by atoms with E-state index >= 15 is 0 Å². The smallest absolute Gasteiger partial charge is 0.250 e. The molecule has 0 aliphatic heterocycles. The monoisotopic (exact) mass is 290 g/mol. The molecule has 1 aromatic heterocycles. The molecule has 0 fully saturated rings. The highest BCUT2D eigenvalue weighted by molar-refractivity contribution is 9.10. The van der Waals surface area contributed by atoms with Crippen molar-refractivity contribution in [3.05, 3.63) is 22.6 Å². The zero-order valence-electron chi connectivity index (χ0n) is 9.46. The van der Waals surface area contributed by atoms with Gasteiger partial charge in [0.1, 0.15) is 0 Å². The number of pyridine rings is 1. The molecule has 16 heavy (non-hydrogen) atoms. The van der Waals surface area contributed by atoms with Crippen molar-refractivity contribution in [2.24, 2.45) is 0 Å². The van der Waals surface area contributed by atoms with Crippen molar-refractivity contribution in [3.8, 4) is 5.88 Å². The molecule has 1 aromatic rings. The van der Waals surface area contributed by atoms with E-state index in [0.717, 1.165) is 13.0 Å². The number of nitrogens with one attached hydrogen (secondary N) is 1. The van der Waals surface area contributed by atoms with Crippen LogP contribution in [0.15, 0.2) is 16.7 Å². The average Bonchev–Trinajstić information content (AvgIpc) is 2.20. The Morgan fingerprint density at radius 3 is 2.94 bits per heavy atom. The molecular formula is C11H16BrFN2O. The third-order valence-electron chi connectivity index (χ3n) is 1.89. The van der Waals surface area contributed by atoms with Crippen LogP contribution in [0.1, 0.15) is 20.3 Å². The van der Waals surface area contributed by atoms with Crippen LogP contribution >= 0.6 is 15.9 Å². The van der Waals surface area contributed by atoms with Gasteiger partial charge in [-0.2, -0.15) is 0 Å². The van der Waals surface area contributed by atoms with Gasteiger partial charge >= 0.3 is 0 Å². The summed E-state index contributed by atoms with van der Waals surface area (Å²) in [6.45, 7) is 5.48. The second-order valence-electron chi connectivity index (χ2n) is 3.75. The van der Waals surface area contributed by atoms with Gasteiger partial charge in [-0.15, -0.1) is 0 Å². The van der Waals surface area contributed by atoms with Gasteiger partial charge in [-0.3, -0.25) is 0 Å². The Morgan fingerprint density at radius 1 is 1.56 bits per heavy atom. The third kappa shape index (κ3) is 4.90. The number of hydrogen-bond donors (Lipinski definition) is 1. The lowest BCUT2D eigenvalue weighted by atomic mass is 10.3. The van der Waals surface area contributed by atoms with E-state index in [0.29, 0.717) is 17.1 Å². The number of rotatable bonds is 6. The van der Waals surface area contributed by atoms with E-state index in [1.54, 1.807) is 0 Å².